The Hall–Kier alpha value is -2.99. The van der Waals surface area contributed by atoms with E-state index in [4.69, 9.17) is 0 Å². The molecule has 0 aromatic heterocycles. The van der Waals surface area contributed by atoms with Crippen molar-refractivity contribution in [2.75, 3.05) is 13.1 Å². The summed E-state index contributed by atoms with van der Waals surface area (Å²) in [5, 5.41) is 3.05. The molecule has 0 radical (unpaired) electrons. The van der Waals surface area contributed by atoms with Crippen LogP contribution in [0.2, 0.25) is 0 Å². The van der Waals surface area contributed by atoms with Crippen LogP contribution in [0, 0.1) is 0 Å². The van der Waals surface area contributed by atoms with Crippen LogP contribution in [0.25, 0.3) is 0 Å². The second-order valence-electron chi connectivity index (χ2n) is 7.90. The number of quaternary nitrogens is 1. The van der Waals surface area contributed by atoms with E-state index < -0.39 is 17.9 Å². The zero-order chi connectivity index (χ0) is 20.4. The van der Waals surface area contributed by atoms with E-state index in [0.29, 0.717) is 11.1 Å². The molecule has 2 aromatic carbocycles. The van der Waals surface area contributed by atoms with Gasteiger partial charge in [0, 0.05) is 24.4 Å². The van der Waals surface area contributed by atoms with Gasteiger partial charge in [-0.1, -0.05) is 42.5 Å². The molecular formula is C23H26N3O3+. The van der Waals surface area contributed by atoms with Gasteiger partial charge >= 0.3 is 0 Å². The van der Waals surface area contributed by atoms with Gasteiger partial charge in [-0.15, -0.1) is 0 Å². The zero-order valence-corrected chi connectivity index (χ0v) is 16.6. The predicted molar refractivity (Wildman–Crippen MR) is 108 cm³/mol. The summed E-state index contributed by atoms with van der Waals surface area (Å²) in [5.41, 5.74) is 2.06. The normalized spacial score (nSPS) is 22.3. The number of nitrogens with one attached hydrogen (secondary N) is 2. The van der Waals surface area contributed by atoms with Gasteiger partial charge in [-0.3, -0.25) is 19.3 Å². The molecule has 1 fully saturated rings. The van der Waals surface area contributed by atoms with Crippen molar-refractivity contribution in [2.45, 2.75) is 38.4 Å². The van der Waals surface area contributed by atoms with E-state index in [1.165, 1.54) is 10.5 Å². The summed E-state index contributed by atoms with van der Waals surface area (Å²) in [5.74, 6) is -1.05. The first-order valence-electron chi connectivity index (χ1n) is 10.2. The highest BCUT2D eigenvalue weighted by Crippen LogP contribution is 2.24. The fourth-order valence-electron chi connectivity index (χ4n) is 4.23. The van der Waals surface area contributed by atoms with Gasteiger partial charge in [0.15, 0.2) is 0 Å². The fraction of sp³-hybridized carbons (Fsp3) is 0.348. The lowest BCUT2D eigenvalue weighted by Gasteiger charge is -2.31. The van der Waals surface area contributed by atoms with Crippen LogP contribution in [0.4, 0.5) is 0 Å². The maximum atomic E-state index is 12.7. The number of piperidine rings is 1. The third-order valence-corrected chi connectivity index (χ3v) is 5.93. The molecule has 3 amide bonds. The number of benzene rings is 2. The molecule has 2 aromatic rings. The summed E-state index contributed by atoms with van der Waals surface area (Å²) < 4.78 is 0. The first-order chi connectivity index (χ1) is 14.0. The molecule has 150 valence electrons. The minimum absolute atomic E-state index is 0.0830. The zero-order valence-electron chi connectivity index (χ0n) is 16.6. The Morgan fingerprint density at radius 3 is 2.14 bits per heavy atom. The number of rotatable bonds is 5. The molecule has 6 heteroatoms. The Morgan fingerprint density at radius 2 is 1.55 bits per heavy atom. The van der Waals surface area contributed by atoms with Crippen molar-refractivity contribution >= 4 is 17.7 Å². The molecule has 0 spiro atoms. The molecule has 0 bridgehead atoms. The maximum absolute atomic E-state index is 12.7. The standard InChI is InChI=1S/C23H25N3O3/c1-16(26-22(28)19-9-5-6-10-20(19)23(26)29)21(27)24-18-11-13-25(14-12-18)15-17-7-3-2-4-8-17/h2-10,16,18H,11-15H2,1H3,(H,24,27)/p+1/t16-/m0/s1. The van der Waals surface area contributed by atoms with Crippen LogP contribution in [0.5, 0.6) is 0 Å². The second kappa shape index (κ2) is 8.17. The predicted octanol–water partition coefficient (Wildman–Crippen LogP) is 1.03. The lowest BCUT2D eigenvalue weighted by Crippen LogP contribution is -3.12. The van der Waals surface area contributed by atoms with Gasteiger partial charge in [0.05, 0.1) is 24.2 Å². The highest BCUT2D eigenvalue weighted by Gasteiger charge is 2.41. The molecule has 1 atom stereocenters. The molecule has 2 aliphatic heterocycles. The molecule has 2 aliphatic rings. The molecule has 29 heavy (non-hydrogen) atoms. The Morgan fingerprint density at radius 1 is 1.00 bits per heavy atom. The lowest BCUT2D eigenvalue weighted by molar-refractivity contribution is -0.918. The highest BCUT2D eigenvalue weighted by atomic mass is 16.2. The Bertz CT molecular complexity index is 885. The first kappa shape index (κ1) is 19.3. The van der Waals surface area contributed by atoms with Gasteiger partial charge in [-0.25, -0.2) is 0 Å². The Balaban J connectivity index is 1.31. The largest absolute Gasteiger partial charge is 0.351 e. The van der Waals surface area contributed by atoms with Crippen LogP contribution in [0.3, 0.4) is 0 Å². The molecule has 2 heterocycles. The van der Waals surface area contributed by atoms with Crippen molar-refractivity contribution in [2.24, 2.45) is 0 Å². The number of likely N-dealkylation sites (tertiary alicyclic amines) is 1. The highest BCUT2D eigenvalue weighted by molar-refractivity contribution is 6.22. The molecule has 1 saturated heterocycles. The molecule has 4 rings (SSSR count). The number of nitrogens with zero attached hydrogens (tertiary/aromatic N) is 1. The number of amides is 3. The van der Waals surface area contributed by atoms with Crippen molar-refractivity contribution < 1.29 is 19.3 Å². The lowest BCUT2D eigenvalue weighted by atomic mass is 10.0. The van der Waals surface area contributed by atoms with E-state index in [9.17, 15) is 14.4 Å². The van der Waals surface area contributed by atoms with Crippen LogP contribution >= 0.6 is 0 Å². The number of imide groups is 1. The van der Waals surface area contributed by atoms with Gasteiger partial charge in [-0.2, -0.15) is 0 Å². The minimum Gasteiger partial charge on any atom is -0.351 e. The number of fused-ring (bicyclic) bond motifs is 1. The summed E-state index contributed by atoms with van der Waals surface area (Å²) in [6.07, 6.45) is 1.78. The Labute approximate surface area is 170 Å². The van der Waals surface area contributed by atoms with Crippen molar-refractivity contribution in [3.8, 4) is 0 Å². The third-order valence-electron chi connectivity index (χ3n) is 5.93. The molecule has 0 aliphatic carbocycles. The van der Waals surface area contributed by atoms with Gasteiger partial charge < -0.3 is 10.2 Å². The van der Waals surface area contributed by atoms with E-state index in [0.717, 1.165) is 37.4 Å². The maximum Gasteiger partial charge on any atom is 0.262 e. The smallest absolute Gasteiger partial charge is 0.262 e. The topological polar surface area (TPSA) is 70.9 Å². The van der Waals surface area contributed by atoms with Crippen molar-refractivity contribution in [1.29, 1.82) is 0 Å². The average molecular weight is 392 g/mol. The number of hydrogen-bond donors (Lipinski definition) is 2. The molecular weight excluding hydrogens is 366 g/mol. The number of carbonyl (C=O) groups excluding carboxylic acids is 3. The molecule has 0 unspecified atom stereocenters. The number of hydrogen-bond acceptors (Lipinski definition) is 3. The van der Waals surface area contributed by atoms with Crippen LogP contribution in [0.15, 0.2) is 54.6 Å². The van der Waals surface area contributed by atoms with Crippen LogP contribution < -0.4 is 10.2 Å². The fourth-order valence-corrected chi connectivity index (χ4v) is 4.23. The average Bonchev–Trinajstić information content (AvgIpc) is 3.00. The summed E-state index contributed by atoms with van der Waals surface area (Å²) in [4.78, 5) is 40.5. The molecule has 0 saturated carbocycles. The van der Waals surface area contributed by atoms with Gasteiger partial charge in [0.1, 0.15) is 12.6 Å². The van der Waals surface area contributed by atoms with Crippen molar-refractivity contribution in [1.82, 2.24) is 10.2 Å². The van der Waals surface area contributed by atoms with E-state index in [1.54, 1.807) is 31.2 Å². The van der Waals surface area contributed by atoms with Crippen molar-refractivity contribution in [3.63, 3.8) is 0 Å². The molecule has 6 nitrogen and oxygen atoms in total. The van der Waals surface area contributed by atoms with E-state index in [1.807, 2.05) is 6.07 Å². The van der Waals surface area contributed by atoms with E-state index >= 15 is 0 Å². The first-order valence-corrected chi connectivity index (χ1v) is 10.2. The third kappa shape index (κ3) is 3.93. The van der Waals surface area contributed by atoms with Gasteiger partial charge in [-0.05, 0) is 19.1 Å². The summed E-state index contributed by atoms with van der Waals surface area (Å²) >= 11 is 0. The summed E-state index contributed by atoms with van der Waals surface area (Å²) in [6.45, 7) is 4.59. The van der Waals surface area contributed by atoms with Crippen LogP contribution in [-0.2, 0) is 11.3 Å². The van der Waals surface area contributed by atoms with Crippen LogP contribution in [0.1, 0.15) is 46.0 Å². The van der Waals surface area contributed by atoms with Gasteiger partial charge in [0.25, 0.3) is 11.8 Å². The quantitative estimate of drug-likeness (QED) is 0.747. The van der Waals surface area contributed by atoms with Gasteiger partial charge in [0.2, 0.25) is 5.91 Å². The van der Waals surface area contributed by atoms with Crippen molar-refractivity contribution in [3.05, 3.63) is 71.3 Å². The minimum atomic E-state index is -0.822. The second-order valence-corrected chi connectivity index (χ2v) is 7.90. The monoisotopic (exact) mass is 392 g/mol. The Kier molecular flexibility index (Phi) is 5.45. The summed E-state index contributed by atoms with van der Waals surface area (Å²) in [7, 11) is 0. The van der Waals surface area contributed by atoms with Crippen LogP contribution in [-0.4, -0.2) is 47.8 Å². The summed E-state index contributed by atoms with van der Waals surface area (Å²) in [6, 6.07) is 16.4. The number of carbonyl (C=O) groups is 3. The molecule has 2 N–H and O–H groups in total. The SMILES string of the molecule is C[C@@H](C(=O)NC1CC[NH+](Cc2ccccc2)CC1)N1C(=O)c2ccccc2C1=O. The van der Waals surface area contributed by atoms with E-state index in [2.05, 4.69) is 29.6 Å². The van der Waals surface area contributed by atoms with E-state index in [-0.39, 0.29) is 11.9 Å².